The van der Waals surface area contributed by atoms with Gasteiger partial charge in [-0.2, -0.15) is 0 Å². The number of likely N-dealkylation sites (tertiary alicyclic amines) is 1. The topological polar surface area (TPSA) is 30.9 Å². The van der Waals surface area contributed by atoms with Gasteiger partial charge in [0.05, 0.1) is 13.2 Å². The van der Waals surface area contributed by atoms with Gasteiger partial charge in [-0.15, -0.1) is 0 Å². The van der Waals surface area contributed by atoms with E-state index in [2.05, 4.69) is 31.0 Å². The fourth-order valence-corrected chi connectivity index (χ4v) is 3.38. The number of benzene rings is 1. The van der Waals surface area contributed by atoms with E-state index in [1.54, 1.807) is 7.11 Å². The molecule has 4 atom stereocenters. The van der Waals surface area contributed by atoms with Gasteiger partial charge in [-0.05, 0) is 45.5 Å². The standard InChI is InChI=1S/C16H23NO3/c1-10-14-15(20-16(2,3)19-14)13(17(10)4)11-6-8-12(18-5)9-7-11/h6-10,13-15H,1-5H3/t10-,13-,14+,15-/m0/s1. The van der Waals surface area contributed by atoms with Crippen LogP contribution in [0.2, 0.25) is 0 Å². The molecule has 0 spiro atoms. The van der Waals surface area contributed by atoms with Gasteiger partial charge in [0, 0.05) is 6.04 Å². The van der Waals surface area contributed by atoms with Gasteiger partial charge >= 0.3 is 0 Å². The maximum absolute atomic E-state index is 6.14. The summed E-state index contributed by atoms with van der Waals surface area (Å²) in [6.45, 7) is 6.18. The second-order valence-corrected chi connectivity index (χ2v) is 6.19. The molecule has 0 aliphatic carbocycles. The smallest absolute Gasteiger partial charge is 0.163 e. The summed E-state index contributed by atoms with van der Waals surface area (Å²) in [6, 6.07) is 8.80. The molecule has 0 amide bonds. The molecule has 2 saturated heterocycles. The molecule has 110 valence electrons. The van der Waals surface area contributed by atoms with Crippen molar-refractivity contribution in [3.05, 3.63) is 29.8 Å². The van der Waals surface area contributed by atoms with Crippen molar-refractivity contribution in [2.24, 2.45) is 0 Å². The Kier molecular flexibility index (Phi) is 3.27. The Morgan fingerprint density at radius 3 is 2.30 bits per heavy atom. The van der Waals surface area contributed by atoms with Crippen LogP contribution in [-0.4, -0.2) is 43.1 Å². The van der Waals surface area contributed by atoms with Crippen molar-refractivity contribution < 1.29 is 14.2 Å². The maximum atomic E-state index is 6.14. The van der Waals surface area contributed by atoms with Crippen LogP contribution in [0.1, 0.15) is 32.4 Å². The molecule has 0 saturated carbocycles. The summed E-state index contributed by atoms with van der Waals surface area (Å²) in [5.41, 5.74) is 1.24. The lowest BCUT2D eigenvalue weighted by Gasteiger charge is -2.30. The number of methoxy groups -OCH3 is 1. The summed E-state index contributed by atoms with van der Waals surface area (Å²) >= 11 is 0. The molecule has 0 bridgehead atoms. The molecular formula is C16H23NO3. The average Bonchev–Trinajstić information content (AvgIpc) is 2.84. The van der Waals surface area contributed by atoms with E-state index >= 15 is 0 Å². The van der Waals surface area contributed by atoms with Crippen LogP contribution in [0.3, 0.4) is 0 Å². The fraction of sp³-hybridized carbons (Fsp3) is 0.625. The summed E-state index contributed by atoms with van der Waals surface area (Å²) in [5, 5.41) is 0. The number of rotatable bonds is 2. The zero-order valence-corrected chi connectivity index (χ0v) is 12.8. The SMILES string of the molecule is COc1ccc([C@H]2[C@@H]3OC(C)(C)O[C@@H]3[C@H](C)N2C)cc1. The van der Waals surface area contributed by atoms with E-state index in [0.29, 0.717) is 6.04 Å². The van der Waals surface area contributed by atoms with Crippen molar-refractivity contribution in [3.63, 3.8) is 0 Å². The fourth-order valence-electron chi connectivity index (χ4n) is 3.38. The highest BCUT2D eigenvalue weighted by Crippen LogP contribution is 2.46. The highest BCUT2D eigenvalue weighted by atomic mass is 16.8. The zero-order chi connectivity index (χ0) is 14.5. The van der Waals surface area contributed by atoms with Crippen LogP contribution in [0.5, 0.6) is 5.75 Å². The Hall–Kier alpha value is -1.10. The first kappa shape index (κ1) is 13.9. The largest absolute Gasteiger partial charge is 0.497 e. The summed E-state index contributed by atoms with van der Waals surface area (Å²) in [4.78, 5) is 2.34. The normalized spacial score (nSPS) is 36.0. The molecule has 0 aromatic heterocycles. The van der Waals surface area contributed by atoms with Gasteiger partial charge in [-0.3, -0.25) is 4.90 Å². The predicted octanol–water partition coefficient (Wildman–Crippen LogP) is 2.59. The Bertz CT molecular complexity index is 485. The van der Waals surface area contributed by atoms with Gasteiger partial charge < -0.3 is 14.2 Å². The van der Waals surface area contributed by atoms with Gasteiger partial charge in [0.15, 0.2) is 5.79 Å². The van der Waals surface area contributed by atoms with Gasteiger partial charge in [-0.1, -0.05) is 12.1 Å². The molecule has 20 heavy (non-hydrogen) atoms. The molecule has 2 fully saturated rings. The van der Waals surface area contributed by atoms with E-state index < -0.39 is 5.79 Å². The summed E-state index contributed by atoms with van der Waals surface area (Å²) < 4.78 is 17.4. The minimum absolute atomic E-state index is 0.0818. The number of fused-ring (bicyclic) bond motifs is 1. The van der Waals surface area contributed by atoms with Crippen molar-refractivity contribution >= 4 is 0 Å². The second kappa shape index (κ2) is 4.72. The van der Waals surface area contributed by atoms with Gasteiger partial charge in [0.1, 0.15) is 18.0 Å². The lowest BCUT2D eigenvalue weighted by Crippen LogP contribution is -2.35. The lowest BCUT2D eigenvalue weighted by molar-refractivity contribution is -0.165. The third-order valence-electron chi connectivity index (χ3n) is 4.49. The first-order valence-corrected chi connectivity index (χ1v) is 7.14. The second-order valence-electron chi connectivity index (χ2n) is 6.19. The molecule has 1 aromatic rings. The number of hydrogen-bond acceptors (Lipinski definition) is 4. The molecule has 4 heteroatoms. The number of likely N-dealkylation sites (N-methyl/N-ethyl adjacent to an activating group) is 1. The van der Waals surface area contributed by atoms with Crippen LogP contribution in [0.15, 0.2) is 24.3 Å². The van der Waals surface area contributed by atoms with E-state index in [9.17, 15) is 0 Å². The number of hydrogen-bond donors (Lipinski definition) is 0. The quantitative estimate of drug-likeness (QED) is 0.831. The Morgan fingerprint density at radius 2 is 1.70 bits per heavy atom. The monoisotopic (exact) mass is 277 g/mol. The van der Waals surface area contributed by atoms with Crippen LogP contribution < -0.4 is 4.74 Å². The van der Waals surface area contributed by atoms with Crippen molar-refractivity contribution in [2.45, 2.75) is 50.8 Å². The Labute approximate surface area is 120 Å². The Morgan fingerprint density at radius 1 is 1.10 bits per heavy atom. The van der Waals surface area contributed by atoms with Gasteiger partial charge in [-0.25, -0.2) is 0 Å². The average molecular weight is 277 g/mol. The lowest BCUT2D eigenvalue weighted by atomic mass is 10.0. The van der Waals surface area contributed by atoms with Crippen LogP contribution in [0, 0.1) is 0 Å². The molecule has 2 aliphatic rings. The van der Waals surface area contributed by atoms with Crippen LogP contribution in [0.25, 0.3) is 0 Å². The van der Waals surface area contributed by atoms with E-state index in [1.807, 2.05) is 26.0 Å². The van der Waals surface area contributed by atoms with Crippen molar-refractivity contribution in [2.75, 3.05) is 14.2 Å². The first-order chi connectivity index (χ1) is 9.43. The highest BCUT2D eigenvalue weighted by Gasteiger charge is 2.55. The molecule has 0 radical (unpaired) electrons. The van der Waals surface area contributed by atoms with Crippen molar-refractivity contribution in [3.8, 4) is 5.75 Å². The first-order valence-electron chi connectivity index (χ1n) is 7.14. The van der Waals surface area contributed by atoms with Crippen LogP contribution in [0.4, 0.5) is 0 Å². The molecule has 1 aromatic carbocycles. The Balaban J connectivity index is 1.91. The van der Waals surface area contributed by atoms with E-state index in [0.717, 1.165) is 5.75 Å². The third-order valence-corrected chi connectivity index (χ3v) is 4.49. The van der Waals surface area contributed by atoms with Gasteiger partial charge in [0.2, 0.25) is 0 Å². The van der Waals surface area contributed by atoms with Gasteiger partial charge in [0.25, 0.3) is 0 Å². The summed E-state index contributed by atoms with van der Waals surface area (Å²) in [7, 11) is 3.82. The molecule has 3 rings (SSSR count). The number of ether oxygens (including phenoxy) is 3. The molecule has 2 heterocycles. The molecule has 0 N–H and O–H groups in total. The van der Waals surface area contributed by atoms with Crippen LogP contribution >= 0.6 is 0 Å². The minimum Gasteiger partial charge on any atom is -0.497 e. The molecule has 2 aliphatic heterocycles. The summed E-state index contributed by atoms with van der Waals surface area (Å²) in [5.74, 6) is 0.387. The van der Waals surface area contributed by atoms with Crippen LogP contribution in [-0.2, 0) is 9.47 Å². The molecule has 0 unspecified atom stereocenters. The number of nitrogens with zero attached hydrogens (tertiary/aromatic N) is 1. The zero-order valence-electron chi connectivity index (χ0n) is 12.8. The predicted molar refractivity (Wildman–Crippen MR) is 76.8 cm³/mol. The van der Waals surface area contributed by atoms with E-state index in [4.69, 9.17) is 14.2 Å². The third kappa shape index (κ3) is 2.12. The highest BCUT2D eigenvalue weighted by molar-refractivity contribution is 5.31. The molecule has 4 nitrogen and oxygen atoms in total. The maximum Gasteiger partial charge on any atom is 0.163 e. The van der Waals surface area contributed by atoms with Crippen molar-refractivity contribution in [1.29, 1.82) is 0 Å². The minimum atomic E-state index is -0.491. The summed E-state index contributed by atoms with van der Waals surface area (Å²) in [6.07, 6.45) is 0.209. The van der Waals surface area contributed by atoms with E-state index in [1.165, 1.54) is 5.56 Å². The van der Waals surface area contributed by atoms with E-state index in [-0.39, 0.29) is 18.2 Å². The van der Waals surface area contributed by atoms with Crippen molar-refractivity contribution in [1.82, 2.24) is 4.90 Å². The molecular weight excluding hydrogens is 254 g/mol.